The van der Waals surface area contributed by atoms with Crippen molar-refractivity contribution in [2.24, 2.45) is 0 Å². The first-order valence-electron chi connectivity index (χ1n) is 7.65. The maximum atomic E-state index is 13.5. The average Bonchev–Trinajstić information content (AvgIpc) is 2.51. The molecule has 0 heterocycles. The molecule has 0 amide bonds. The molecule has 2 unspecified atom stereocenters. The van der Waals surface area contributed by atoms with Crippen LogP contribution in [-0.2, 0) is 14.3 Å². The Bertz CT molecular complexity index is 551. The van der Waals surface area contributed by atoms with E-state index in [2.05, 4.69) is 15.9 Å². The van der Waals surface area contributed by atoms with Gasteiger partial charge in [0.15, 0.2) is 0 Å². The molecule has 7 heteroatoms. The highest BCUT2D eigenvalue weighted by Crippen LogP contribution is 2.18. The fraction of sp³-hybridized carbons (Fsp3) is 0.625. The fourth-order valence-corrected chi connectivity index (χ4v) is 3.59. The average molecular weight is 430 g/mol. The summed E-state index contributed by atoms with van der Waals surface area (Å²) in [5.74, 6) is 0. The van der Waals surface area contributed by atoms with Crippen LogP contribution in [0.2, 0.25) is 0 Å². The topological polar surface area (TPSA) is 43.4 Å². The van der Waals surface area contributed by atoms with Crippen molar-refractivity contribution in [2.75, 3.05) is 11.9 Å². The molecule has 0 aliphatic heterocycles. The van der Waals surface area contributed by atoms with Gasteiger partial charge < -0.3 is 0 Å². The van der Waals surface area contributed by atoms with Gasteiger partial charge in [0.2, 0.25) is 0 Å². The zero-order valence-electron chi connectivity index (χ0n) is 13.2. The second-order valence-corrected chi connectivity index (χ2v) is 8.53. The van der Waals surface area contributed by atoms with Crippen LogP contribution in [0.4, 0.5) is 4.39 Å². The highest BCUT2D eigenvalue weighted by atomic mass is 79.9. The Morgan fingerprint density at radius 3 is 2.39 bits per heavy atom. The third-order valence-corrected chi connectivity index (χ3v) is 5.60. The third-order valence-electron chi connectivity index (χ3n) is 3.40. The van der Waals surface area contributed by atoms with E-state index in [-0.39, 0.29) is 11.5 Å². The largest absolute Gasteiger partial charge is 0.297 e. The lowest BCUT2D eigenvalue weighted by Crippen LogP contribution is -2.15. The van der Waals surface area contributed by atoms with Crippen LogP contribution in [0, 0.1) is 6.92 Å². The highest BCUT2D eigenvalue weighted by molar-refractivity contribution is 9.09. The van der Waals surface area contributed by atoms with E-state index in [0.717, 1.165) is 17.3 Å². The molecule has 1 aromatic carbocycles. The molecule has 1 aromatic rings. The molecule has 0 N–H and O–H groups in total. The molecule has 0 saturated heterocycles. The summed E-state index contributed by atoms with van der Waals surface area (Å²) in [6.07, 6.45) is 2.11. The molecule has 132 valence electrons. The summed E-state index contributed by atoms with van der Waals surface area (Å²) in [7, 11) is -3.79. The number of aryl methyl sites for hydroxylation is 1. The van der Waals surface area contributed by atoms with Gasteiger partial charge in [-0.15, -0.1) is 11.6 Å². The highest BCUT2D eigenvalue weighted by Gasteiger charge is 2.17. The van der Waals surface area contributed by atoms with Gasteiger partial charge in [-0.3, -0.25) is 4.18 Å². The Hall–Kier alpha value is -0.170. The molecule has 0 aromatic heterocycles. The standard InChI is InChI=1S/C16H23BrClFO3S/c1-13-7-9-16(10-8-13)23(20,21)22-12-14(18)4-2-5-15(19)6-3-11-17/h7-10,14-15H,2-6,11-12H2,1H3. The number of alkyl halides is 3. The van der Waals surface area contributed by atoms with E-state index < -0.39 is 21.7 Å². The molecule has 0 fully saturated rings. The second-order valence-electron chi connectivity index (χ2n) is 5.51. The molecule has 0 spiro atoms. The third kappa shape index (κ3) is 8.47. The van der Waals surface area contributed by atoms with Gasteiger partial charge in [-0.2, -0.15) is 8.42 Å². The predicted octanol–water partition coefficient (Wildman–Crippen LogP) is 4.99. The van der Waals surface area contributed by atoms with Gasteiger partial charge >= 0.3 is 0 Å². The molecule has 3 nitrogen and oxygen atoms in total. The maximum absolute atomic E-state index is 13.5. The van der Waals surface area contributed by atoms with E-state index in [1.54, 1.807) is 12.1 Å². The summed E-state index contributed by atoms with van der Waals surface area (Å²) in [6, 6.07) is 6.43. The van der Waals surface area contributed by atoms with E-state index in [0.29, 0.717) is 25.7 Å². The van der Waals surface area contributed by atoms with Gasteiger partial charge in [-0.25, -0.2) is 4.39 Å². The smallest absolute Gasteiger partial charge is 0.265 e. The first-order chi connectivity index (χ1) is 10.8. The van der Waals surface area contributed by atoms with Crippen molar-refractivity contribution < 1.29 is 17.0 Å². The Kier molecular flexibility index (Phi) is 9.66. The quantitative estimate of drug-likeness (QED) is 0.367. The number of hydrogen-bond acceptors (Lipinski definition) is 3. The minimum absolute atomic E-state index is 0.101. The lowest BCUT2D eigenvalue weighted by molar-refractivity contribution is 0.276. The molecule has 1 rings (SSSR count). The van der Waals surface area contributed by atoms with Crippen LogP contribution in [0.3, 0.4) is 0 Å². The minimum Gasteiger partial charge on any atom is -0.265 e. The summed E-state index contributed by atoms with van der Waals surface area (Å²) in [5, 5.41) is 0.356. The fourth-order valence-electron chi connectivity index (χ4n) is 2.02. The molecule has 2 atom stereocenters. The van der Waals surface area contributed by atoms with Gasteiger partial charge in [0, 0.05) is 5.33 Å². The molecule has 0 aliphatic carbocycles. The van der Waals surface area contributed by atoms with Crippen molar-refractivity contribution in [1.82, 2.24) is 0 Å². The van der Waals surface area contributed by atoms with Gasteiger partial charge in [0.25, 0.3) is 10.1 Å². The van der Waals surface area contributed by atoms with Crippen molar-refractivity contribution >= 4 is 37.6 Å². The lowest BCUT2D eigenvalue weighted by atomic mass is 10.1. The van der Waals surface area contributed by atoms with E-state index in [1.165, 1.54) is 12.1 Å². The van der Waals surface area contributed by atoms with Crippen LogP contribution in [0.15, 0.2) is 29.2 Å². The van der Waals surface area contributed by atoms with Gasteiger partial charge in [-0.05, 0) is 51.2 Å². The number of rotatable bonds is 11. The number of halogens is 3. The molecular formula is C16H23BrClFO3S. The van der Waals surface area contributed by atoms with Crippen molar-refractivity contribution in [3.8, 4) is 0 Å². The van der Waals surface area contributed by atoms with E-state index in [1.807, 2.05) is 6.92 Å². The summed E-state index contributed by atoms with van der Waals surface area (Å²) in [6.45, 7) is 1.78. The monoisotopic (exact) mass is 428 g/mol. The summed E-state index contributed by atoms with van der Waals surface area (Å²) < 4.78 is 42.5. The maximum Gasteiger partial charge on any atom is 0.297 e. The minimum atomic E-state index is -3.79. The van der Waals surface area contributed by atoms with Crippen LogP contribution in [0.5, 0.6) is 0 Å². The summed E-state index contributed by atoms with van der Waals surface area (Å²) in [4.78, 5) is 0.116. The molecule has 0 saturated carbocycles. The SMILES string of the molecule is Cc1ccc(S(=O)(=O)OCC(Cl)CCCC(F)CCCBr)cc1. The van der Waals surface area contributed by atoms with Crippen molar-refractivity contribution in [1.29, 1.82) is 0 Å². The zero-order chi connectivity index (χ0) is 17.3. The number of benzene rings is 1. The predicted molar refractivity (Wildman–Crippen MR) is 95.7 cm³/mol. The Morgan fingerprint density at radius 2 is 1.78 bits per heavy atom. The van der Waals surface area contributed by atoms with E-state index >= 15 is 0 Å². The first-order valence-corrected chi connectivity index (χ1v) is 10.6. The van der Waals surface area contributed by atoms with Crippen molar-refractivity contribution in [3.05, 3.63) is 29.8 Å². The van der Waals surface area contributed by atoms with Crippen LogP contribution < -0.4 is 0 Å². The summed E-state index contributed by atoms with van der Waals surface area (Å²) in [5.41, 5.74) is 0.972. The van der Waals surface area contributed by atoms with Crippen LogP contribution in [0.1, 0.15) is 37.7 Å². The molecule has 0 radical (unpaired) electrons. The lowest BCUT2D eigenvalue weighted by Gasteiger charge is -2.12. The first kappa shape index (κ1) is 20.9. The molecule has 0 bridgehead atoms. The van der Waals surface area contributed by atoms with Crippen molar-refractivity contribution in [2.45, 2.75) is 55.5 Å². The second kappa shape index (κ2) is 10.6. The Labute approximate surface area is 151 Å². The normalized spacial score (nSPS) is 14.6. The van der Waals surface area contributed by atoms with Gasteiger partial charge in [0.1, 0.15) is 6.17 Å². The van der Waals surface area contributed by atoms with E-state index in [9.17, 15) is 12.8 Å². The Balaban J connectivity index is 2.32. The van der Waals surface area contributed by atoms with Crippen molar-refractivity contribution in [3.63, 3.8) is 0 Å². The van der Waals surface area contributed by atoms with Crippen LogP contribution in [0.25, 0.3) is 0 Å². The molecule has 0 aliphatic rings. The van der Waals surface area contributed by atoms with Crippen LogP contribution >= 0.6 is 27.5 Å². The molecular weight excluding hydrogens is 407 g/mol. The van der Waals surface area contributed by atoms with Gasteiger partial charge in [0.05, 0.1) is 16.9 Å². The molecule has 23 heavy (non-hydrogen) atoms. The van der Waals surface area contributed by atoms with Gasteiger partial charge in [-0.1, -0.05) is 33.6 Å². The zero-order valence-corrected chi connectivity index (χ0v) is 16.3. The van der Waals surface area contributed by atoms with E-state index in [4.69, 9.17) is 15.8 Å². The Morgan fingerprint density at radius 1 is 1.17 bits per heavy atom. The summed E-state index contributed by atoms with van der Waals surface area (Å²) >= 11 is 9.34. The number of hydrogen-bond donors (Lipinski definition) is 0. The van der Waals surface area contributed by atoms with Crippen LogP contribution in [-0.4, -0.2) is 31.9 Å².